The number of carboxylic acid groups (broad SMARTS) is 1. The molecule has 1 aliphatic rings. The fourth-order valence-electron chi connectivity index (χ4n) is 2.89. The highest BCUT2D eigenvalue weighted by atomic mass is 16.4. The summed E-state index contributed by atoms with van der Waals surface area (Å²) in [6, 6.07) is 10.5. The van der Waals surface area contributed by atoms with Crippen LogP contribution in [-0.2, 0) is 0 Å². The SMILES string of the molecule is CC(C)(C)NC1CCN(C(=O)O)CC1c1ccccc1. The van der Waals surface area contributed by atoms with Crippen molar-refractivity contribution in [3.63, 3.8) is 0 Å². The highest BCUT2D eigenvalue weighted by Crippen LogP contribution is 2.28. The summed E-state index contributed by atoms with van der Waals surface area (Å²) in [6.45, 7) is 7.62. The fourth-order valence-corrected chi connectivity index (χ4v) is 2.89. The summed E-state index contributed by atoms with van der Waals surface area (Å²) in [5, 5.41) is 12.9. The van der Waals surface area contributed by atoms with Crippen LogP contribution in [0, 0.1) is 0 Å². The first-order valence-corrected chi connectivity index (χ1v) is 7.17. The first-order valence-electron chi connectivity index (χ1n) is 7.17. The van der Waals surface area contributed by atoms with Gasteiger partial charge in [0.15, 0.2) is 0 Å². The highest BCUT2D eigenvalue weighted by Gasteiger charge is 2.34. The number of hydrogen-bond donors (Lipinski definition) is 2. The number of nitrogens with zero attached hydrogens (tertiary/aromatic N) is 1. The second-order valence-electron chi connectivity index (χ2n) is 6.54. The van der Waals surface area contributed by atoms with Crippen molar-refractivity contribution in [2.45, 2.75) is 44.7 Å². The summed E-state index contributed by atoms with van der Waals surface area (Å²) in [5.41, 5.74) is 1.24. The molecule has 2 unspecified atom stereocenters. The van der Waals surface area contributed by atoms with Crippen molar-refractivity contribution in [3.8, 4) is 0 Å². The lowest BCUT2D eigenvalue weighted by Crippen LogP contribution is -2.54. The Morgan fingerprint density at radius 2 is 1.95 bits per heavy atom. The largest absolute Gasteiger partial charge is 0.465 e. The molecule has 1 heterocycles. The molecule has 20 heavy (non-hydrogen) atoms. The van der Waals surface area contributed by atoms with Crippen molar-refractivity contribution in [2.24, 2.45) is 0 Å². The van der Waals surface area contributed by atoms with E-state index in [4.69, 9.17) is 0 Å². The molecule has 0 radical (unpaired) electrons. The van der Waals surface area contributed by atoms with Crippen molar-refractivity contribution in [1.82, 2.24) is 10.2 Å². The Balaban J connectivity index is 2.21. The number of rotatable bonds is 2. The van der Waals surface area contributed by atoms with E-state index in [9.17, 15) is 9.90 Å². The third kappa shape index (κ3) is 3.73. The van der Waals surface area contributed by atoms with Gasteiger partial charge in [0, 0.05) is 30.6 Å². The quantitative estimate of drug-likeness (QED) is 0.873. The molecular formula is C16H24N2O2. The normalized spacial score (nSPS) is 23.6. The van der Waals surface area contributed by atoms with Gasteiger partial charge in [-0.15, -0.1) is 0 Å². The Hall–Kier alpha value is -1.55. The minimum Gasteiger partial charge on any atom is -0.465 e. The first kappa shape index (κ1) is 14.9. The molecule has 0 aromatic heterocycles. The second kappa shape index (κ2) is 5.83. The minimum absolute atomic E-state index is 0.0308. The predicted octanol–water partition coefficient (Wildman–Crippen LogP) is 2.91. The van der Waals surface area contributed by atoms with Crippen LogP contribution in [0.4, 0.5) is 4.79 Å². The van der Waals surface area contributed by atoms with E-state index in [0.717, 1.165) is 6.42 Å². The van der Waals surface area contributed by atoms with E-state index in [2.05, 4.69) is 38.2 Å². The molecule has 0 aliphatic carbocycles. The van der Waals surface area contributed by atoms with Crippen LogP contribution in [0.15, 0.2) is 30.3 Å². The number of piperidine rings is 1. The smallest absolute Gasteiger partial charge is 0.407 e. The van der Waals surface area contributed by atoms with Gasteiger partial charge < -0.3 is 15.3 Å². The zero-order valence-electron chi connectivity index (χ0n) is 12.5. The Kier molecular flexibility index (Phi) is 4.33. The van der Waals surface area contributed by atoms with Gasteiger partial charge in [-0.25, -0.2) is 4.79 Å². The van der Waals surface area contributed by atoms with E-state index in [-0.39, 0.29) is 11.5 Å². The van der Waals surface area contributed by atoms with Crippen LogP contribution in [0.25, 0.3) is 0 Å². The molecule has 1 aliphatic heterocycles. The maximum atomic E-state index is 11.2. The number of carbonyl (C=O) groups is 1. The van der Waals surface area contributed by atoms with Gasteiger partial charge in [-0.1, -0.05) is 30.3 Å². The fraction of sp³-hybridized carbons (Fsp3) is 0.562. The monoisotopic (exact) mass is 276 g/mol. The molecule has 4 heteroatoms. The molecule has 2 N–H and O–H groups in total. The van der Waals surface area contributed by atoms with E-state index in [1.54, 1.807) is 0 Å². The Labute approximate surface area is 120 Å². The van der Waals surface area contributed by atoms with Gasteiger partial charge >= 0.3 is 6.09 Å². The van der Waals surface area contributed by atoms with Crippen molar-refractivity contribution in [2.75, 3.05) is 13.1 Å². The lowest BCUT2D eigenvalue weighted by atomic mass is 9.84. The summed E-state index contributed by atoms with van der Waals surface area (Å²) in [7, 11) is 0. The summed E-state index contributed by atoms with van der Waals surface area (Å²) in [6.07, 6.45) is 0.0310. The van der Waals surface area contributed by atoms with Gasteiger partial charge in [0.25, 0.3) is 0 Å². The lowest BCUT2D eigenvalue weighted by Gasteiger charge is -2.41. The minimum atomic E-state index is -0.819. The van der Waals surface area contributed by atoms with E-state index < -0.39 is 6.09 Å². The molecule has 2 rings (SSSR count). The number of nitrogens with one attached hydrogen (secondary N) is 1. The van der Waals surface area contributed by atoms with Crippen LogP contribution in [0.2, 0.25) is 0 Å². The van der Waals surface area contributed by atoms with Crippen molar-refractivity contribution in [3.05, 3.63) is 35.9 Å². The van der Waals surface area contributed by atoms with Crippen LogP contribution < -0.4 is 5.32 Å². The molecule has 4 nitrogen and oxygen atoms in total. The molecule has 1 saturated heterocycles. The van der Waals surface area contributed by atoms with Crippen LogP contribution in [0.1, 0.15) is 38.7 Å². The number of benzene rings is 1. The first-order chi connectivity index (χ1) is 9.37. The van der Waals surface area contributed by atoms with Gasteiger partial charge in [-0.05, 0) is 32.8 Å². The standard InChI is InChI=1S/C16H24N2O2/c1-16(2,3)17-14-9-10-18(15(19)20)11-13(14)12-7-5-4-6-8-12/h4-8,13-14,17H,9-11H2,1-3H3,(H,19,20). The molecule has 110 valence electrons. The van der Waals surface area contributed by atoms with E-state index >= 15 is 0 Å². The third-order valence-electron chi connectivity index (χ3n) is 3.73. The average Bonchev–Trinajstić information content (AvgIpc) is 2.38. The van der Waals surface area contributed by atoms with E-state index in [1.807, 2.05) is 18.2 Å². The van der Waals surface area contributed by atoms with Crippen molar-refractivity contribution < 1.29 is 9.90 Å². The summed E-state index contributed by atoms with van der Waals surface area (Å²) >= 11 is 0. The van der Waals surface area contributed by atoms with Crippen molar-refractivity contribution in [1.29, 1.82) is 0 Å². The Morgan fingerprint density at radius 1 is 1.30 bits per heavy atom. The van der Waals surface area contributed by atoms with Gasteiger partial charge in [0.05, 0.1) is 0 Å². The molecule has 1 aromatic carbocycles. The van der Waals surface area contributed by atoms with Crippen LogP contribution in [0.5, 0.6) is 0 Å². The maximum Gasteiger partial charge on any atom is 0.407 e. The summed E-state index contributed by atoms with van der Waals surface area (Å²) < 4.78 is 0. The zero-order valence-corrected chi connectivity index (χ0v) is 12.5. The average molecular weight is 276 g/mol. The molecule has 1 fully saturated rings. The summed E-state index contributed by atoms with van der Waals surface area (Å²) in [4.78, 5) is 12.8. The molecular weight excluding hydrogens is 252 g/mol. The van der Waals surface area contributed by atoms with Crippen LogP contribution in [0.3, 0.4) is 0 Å². The lowest BCUT2D eigenvalue weighted by molar-refractivity contribution is 0.117. The van der Waals surface area contributed by atoms with E-state index in [1.165, 1.54) is 10.5 Å². The number of hydrogen-bond acceptors (Lipinski definition) is 2. The number of amides is 1. The molecule has 0 saturated carbocycles. The molecule has 0 spiro atoms. The number of likely N-dealkylation sites (tertiary alicyclic amines) is 1. The van der Waals surface area contributed by atoms with Crippen LogP contribution in [-0.4, -0.2) is 40.8 Å². The van der Waals surface area contributed by atoms with Gasteiger partial charge in [-0.2, -0.15) is 0 Å². The summed E-state index contributed by atoms with van der Waals surface area (Å²) in [5.74, 6) is 0.209. The van der Waals surface area contributed by atoms with Crippen LogP contribution >= 0.6 is 0 Å². The molecule has 2 atom stereocenters. The molecule has 1 amide bonds. The molecule has 0 bridgehead atoms. The third-order valence-corrected chi connectivity index (χ3v) is 3.73. The second-order valence-corrected chi connectivity index (χ2v) is 6.54. The Bertz CT molecular complexity index is 453. The topological polar surface area (TPSA) is 52.6 Å². The molecule has 1 aromatic rings. The Morgan fingerprint density at radius 3 is 2.50 bits per heavy atom. The zero-order chi connectivity index (χ0) is 14.8. The van der Waals surface area contributed by atoms with E-state index in [0.29, 0.717) is 19.1 Å². The van der Waals surface area contributed by atoms with Gasteiger partial charge in [0.1, 0.15) is 0 Å². The predicted molar refractivity (Wildman–Crippen MR) is 80.1 cm³/mol. The maximum absolute atomic E-state index is 11.2. The van der Waals surface area contributed by atoms with Gasteiger partial charge in [-0.3, -0.25) is 0 Å². The van der Waals surface area contributed by atoms with Gasteiger partial charge in [0.2, 0.25) is 0 Å². The highest BCUT2D eigenvalue weighted by molar-refractivity contribution is 5.65. The van der Waals surface area contributed by atoms with Crippen molar-refractivity contribution >= 4 is 6.09 Å².